The first-order valence-corrected chi connectivity index (χ1v) is 9.27. The third kappa shape index (κ3) is 4.54. The Morgan fingerprint density at radius 3 is 2.57 bits per heavy atom. The Morgan fingerprint density at radius 2 is 1.86 bits per heavy atom. The molecule has 1 heterocycles. The van der Waals surface area contributed by atoms with Gasteiger partial charge >= 0.3 is 6.18 Å². The summed E-state index contributed by atoms with van der Waals surface area (Å²) in [5.74, 6) is -0.619. The molecule has 0 bridgehead atoms. The van der Waals surface area contributed by atoms with Gasteiger partial charge in [0.25, 0.3) is 5.91 Å². The average Bonchev–Trinajstić information content (AvgIpc) is 2.66. The minimum atomic E-state index is -4.56. The Hall–Kier alpha value is -2.38. The number of pyridine rings is 1. The van der Waals surface area contributed by atoms with Crippen molar-refractivity contribution in [3.8, 4) is 11.1 Å². The number of nitrogens with one attached hydrogen (secondary N) is 1. The highest BCUT2D eigenvalue weighted by molar-refractivity contribution is 9.10. The summed E-state index contributed by atoms with van der Waals surface area (Å²) in [5, 5.41) is 3.18. The number of benzene rings is 2. The maximum absolute atomic E-state index is 13.0. The fourth-order valence-corrected chi connectivity index (χ4v) is 3.38. The molecule has 28 heavy (non-hydrogen) atoms. The van der Waals surface area contributed by atoms with Crippen molar-refractivity contribution in [1.29, 1.82) is 0 Å². The van der Waals surface area contributed by atoms with Crippen LogP contribution in [0.5, 0.6) is 0 Å². The van der Waals surface area contributed by atoms with E-state index in [0.717, 1.165) is 17.2 Å². The summed E-state index contributed by atoms with van der Waals surface area (Å²) in [6, 6.07) is 12.4. The van der Waals surface area contributed by atoms with Gasteiger partial charge in [-0.1, -0.05) is 45.7 Å². The summed E-state index contributed by atoms with van der Waals surface area (Å²) in [5.41, 5.74) is 1.26. The lowest BCUT2D eigenvalue weighted by molar-refractivity contribution is -0.138. The second-order valence-electron chi connectivity index (χ2n) is 5.89. The molecule has 3 rings (SSSR count). The monoisotopic (exact) mass is 468 g/mol. The molecular formula is C20H13BrClF3N2O. The smallest absolute Gasteiger partial charge is 0.348 e. The van der Waals surface area contributed by atoms with E-state index in [0.29, 0.717) is 10.6 Å². The zero-order valence-corrected chi connectivity index (χ0v) is 16.6. The molecule has 0 aliphatic carbocycles. The van der Waals surface area contributed by atoms with E-state index < -0.39 is 17.6 Å². The maximum Gasteiger partial charge on any atom is 0.417 e. The predicted molar refractivity (Wildman–Crippen MR) is 105 cm³/mol. The summed E-state index contributed by atoms with van der Waals surface area (Å²) < 4.78 is 39.0. The van der Waals surface area contributed by atoms with E-state index in [1.54, 1.807) is 30.6 Å². The van der Waals surface area contributed by atoms with E-state index in [2.05, 4.69) is 26.2 Å². The van der Waals surface area contributed by atoms with Crippen LogP contribution in [0.1, 0.15) is 21.5 Å². The van der Waals surface area contributed by atoms with E-state index in [9.17, 15) is 18.0 Å². The summed E-state index contributed by atoms with van der Waals surface area (Å²) >= 11 is 9.11. The standard InChI is InChI=1S/C20H13BrClF3N2O/c21-17-6-5-12(9-16(17)20(23,24)25)19(28)27-11-13-10-26-8-7-14(13)15-3-1-2-4-18(15)22/h1-10H,11H2,(H,27,28). The van der Waals surface area contributed by atoms with Crippen LogP contribution in [0.4, 0.5) is 13.2 Å². The van der Waals surface area contributed by atoms with Crippen LogP contribution in [0.15, 0.2) is 65.4 Å². The van der Waals surface area contributed by atoms with Crippen LogP contribution in [0.2, 0.25) is 5.02 Å². The quantitative estimate of drug-likeness (QED) is 0.501. The highest BCUT2D eigenvalue weighted by Crippen LogP contribution is 2.35. The Kier molecular flexibility index (Phi) is 6.05. The Bertz CT molecular complexity index is 1020. The van der Waals surface area contributed by atoms with Gasteiger partial charge in [0.15, 0.2) is 0 Å². The van der Waals surface area contributed by atoms with E-state index in [-0.39, 0.29) is 16.6 Å². The fraction of sp³-hybridized carbons (Fsp3) is 0.100. The van der Waals surface area contributed by atoms with Crippen LogP contribution >= 0.6 is 27.5 Å². The molecule has 0 aliphatic heterocycles. The lowest BCUT2D eigenvalue weighted by Crippen LogP contribution is -2.23. The molecule has 3 nitrogen and oxygen atoms in total. The number of nitrogens with zero attached hydrogens (tertiary/aromatic N) is 1. The van der Waals surface area contributed by atoms with E-state index in [1.807, 2.05) is 12.1 Å². The lowest BCUT2D eigenvalue weighted by atomic mass is 10.0. The van der Waals surface area contributed by atoms with Gasteiger partial charge in [-0.2, -0.15) is 13.2 Å². The van der Waals surface area contributed by atoms with Crippen molar-refractivity contribution in [2.75, 3.05) is 0 Å². The van der Waals surface area contributed by atoms with Gasteiger partial charge in [-0.25, -0.2) is 0 Å². The predicted octanol–water partition coefficient (Wildman–Crippen LogP) is 6.11. The Labute approximate surface area is 172 Å². The SMILES string of the molecule is O=C(NCc1cnccc1-c1ccccc1Cl)c1ccc(Br)c(C(F)(F)F)c1. The molecule has 0 saturated heterocycles. The van der Waals surface area contributed by atoms with Gasteiger partial charge in [0.2, 0.25) is 0 Å². The third-order valence-corrected chi connectivity index (χ3v) is 5.06. The molecule has 144 valence electrons. The zero-order valence-electron chi connectivity index (χ0n) is 14.2. The first-order chi connectivity index (χ1) is 13.3. The van der Waals surface area contributed by atoms with Crippen LogP contribution in [0.3, 0.4) is 0 Å². The normalized spacial score (nSPS) is 11.3. The molecule has 1 aromatic heterocycles. The summed E-state index contributed by atoms with van der Waals surface area (Å²) in [6.45, 7) is 0.0879. The Morgan fingerprint density at radius 1 is 1.11 bits per heavy atom. The van der Waals surface area contributed by atoms with Crippen LogP contribution < -0.4 is 5.32 Å². The van der Waals surface area contributed by atoms with Crippen molar-refractivity contribution >= 4 is 33.4 Å². The van der Waals surface area contributed by atoms with E-state index >= 15 is 0 Å². The molecule has 0 spiro atoms. The number of carbonyl (C=O) groups excluding carboxylic acids is 1. The third-order valence-electron chi connectivity index (χ3n) is 4.04. The van der Waals surface area contributed by atoms with Gasteiger partial charge in [-0.3, -0.25) is 9.78 Å². The molecule has 0 aliphatic rings. The molecule has 0 unspecified atom stereocenters. The lowest BCUT2D eigenvalue weighted by Gasteiger charge is -2.13. The minimum Gasteiger partial charge on any atom is -0.348 e. The molecule has 0 atom stereocenters. The first kappa shape index (κ1) is 20.4. The molecule has 0 saturated carbocycles. The van der Waals surface area contributed by atoms with Crippen molar-refractivity contribution in [1.82, 2.24) is 10.3 Å². The first-order valence-electron chi connectivity index (χ1n) is 8.10. The second-order valence-corrected chi connectivity index (χ2v) is 7.15. The largest absolute Gasteiger partial charge is 0.417 e. The molecule has 3 aromatic rings. The van der Waals surface area contributed by atoms with Crippen LogP contribution in [0.25, 0.3) is 11.1 Å². The minimum absolute atomic E-state index is 0.0845. The van der Waals surface area contributed by atoms with Gasteiger partial charge in [0.1, 0.15) is 0 Å². The van der Waals surface area contributed by atoms with Gasteiger partial charge in [0, 0.05) is 39.6 Å². The van der Waals surface area contributed by atoms with Crippen molar-refractivity contribution in [2.45, 2.75) is 12.7 Å². The molecular weight excluding hydrogens is 457 g/mol. The molecule has 1 N–H and O–H groups in total. The average molecular weight is 470 g/mol. The number of amides is 1. The Balaban J connectivity index is 1.83. The fourth-order valence-electron chi connectivity index (χ4n) is 2.67. The van der Waals surface area contributed by atoms with Gasteiger partial charge < -0.3 is 5.32 Å². The summed E-state index contributed by atoms with van der Waals surface area (Å²) in [4.78, 5) is 16.4. The van der Waals surface area contributed by atoms with Crippen LogP contribution in [-0.2, 0) is 12.7 Å². The highest BCUT2D eigenvalue weighted by Gasteiger charge is 2.33. The molecule has 0 fully saturated rings. The van der Waals surface area contributed by atoms with E-state index in [4.69, 9.17) is 11.6 Å². The van der Waals surface area contributed by atoms with Crippen molar-refractivity contribution in [3.05, 3.63) is 87.1 Å². The molecule has 2 aromatic carbocycles. The topological polar surface area (TPSA) is 42.0 Å². The summed E-state index contributed by atoms with van der Waals surface area (Å²) in [6.07, 6.45) is -1.37. The number of rotatable bonds is 4. The number of carbonyl (C=O) groups is 1. The molecule has 8 heteroatoms. The maximum atomic E-state index is 13.0. The van der Waals surface area contributed by atoms with E-state index in [1.165, 1.54) is 12.1 Å². The number of halogens is 5. The number of aromatic nitrogens is 1. The van der Waals surface area contributed by atoms with Crippen LogP contribution in [-0.4, -0.2) is 10.9 Å². The van der Waals surface area contributed by atoms with Gasteiger partial charge in [0.05, 0.1) is 5.56 Å². The second kappa shape index (κ2) is 8.32. The van der Waals surface area contributed by atoms with Crippen LogP contribution in [0, 0.1) is 0 Å². The zero-order chi connectivity index (χ0) is 20.3. The van der Waals surface area contributed by atoms with Crippen molar-refractivity contribution in [2.24, 2.45) is 0 Å². The van der Waals surface area contributed by atoms with Crippen molar-refractivity contribution < 1.29 is 18.0 Å². The number of hydrogen-bond donors (Lipinski definition) is 1. The van der Waals surface area contributed by atoms with Gasteiger partial charge in [-0.05, 0) is 41.5 Å². The van der Waals surface area contributed by atoms with Crippen molar-refractivity contribution in [3.63, 3.8) is 0 Å². The van der Waals surface area contributed by atoms with Gasteiger partial charge in [-0.15, -0.1) is 0 Å². The molecule has 1 amide bonds. The summed E-state index contributed by atoms with van der Waals surface area (Å²) in [7, 11) is 0. The highest BCUT2D eigenvalue weighted by atomic mass is 79.9. The molecule has 0 radical (unpaired) electrons. The number of hydrogen-bond acceptors (Lipinski definition) is 2. The number of alkyl halides is 3.